The maximum atomic E-state index is 13.4. The Balaban J connectivity index is 1.63. The molecule has 0 radical (unpaired) electrons. The van der Waals surface area contributed by atoms with Crippen LogP contribution in [0.5, 0.6) is 0 Å². The van der Waals surface area contributed by atoms with Crippen LogP contribution in [0.15, 0.2) is 84.9 Å². The Morgan fingerprint density at radius 3 is 2.24 bits per heavy atom. The van der Waals surface area contributed by atoms with Crippen LogP contribution in [-0.2, 0) is 6.54 Å². The molecule has 0 fully saturated rings. The zero-order valence-corrected chi connectivity index (χ0v) is 16.2. The van der Waals surface area contributed by atoms with E-state index in [2.05, 4.69) is 53.5 Å². The second kappa shape index (κ2) is 7.06. The maximum absolute atomic E-state index is 13.4. The number of nitrogens with zero attached hydrogens (tertiary/aromatic N) is 2. The summed E-state index contributed by atoms with van der Waals surface area (Å²) in [5.41, 5.74) is 6.81. The van der Waals surface area contributed by atoms with Crippen LogP contribution in [0.1, 0.15) is 38.8 Å². The Bertz CT molecular complexity index is 1150. The number of aryl methyl sites for hydroxylation is 1. The topological polar surface area (TPSA) is 49.0 Å². The van der Waals surface area contributed by atoms with E-state index < -0.39 is 0 Å². The largest absolute Gasteiger partial charge is 0.322 e. The van der Waals surface area contributed by atoms with Crippen LogP contribution in [0.3, 0.4) is 0 Å². The van der Waals surface area contributed by atoms with Crippen LogP contribution < -0.4 is 0 Å². The molecule has 142 valence electrons. The summed E-state index contributed by atoms with van der Waals surface area (Å²) in [5, 5.41) is 7.53. The van der Waals surface area contributed by atoms with Gasteiger partial charge in [0.05, 0.1) is 11.7 Å². The number of carbonyl (C=O) groups excluding carboxylic acids is 1. The lowest BCUT2D eigenvalue weighted by Crippen LogP contribution is -2.29. The van der Waals surface area contributed by atoms with Gasteiger partial charge in [-0.05, 0) is 18.1 Å². The van der Waals surface area contributed by atoms with Crippen LogP contribution in [0.25, 0.3) is 11.3 Å². The van der Waals surface area contributed by atoms with Crippen molar-refractivity contribution in [3.05, 3.63) is 113 Å². The molecule has 0 bridgehead atoms. The van der Waals surface area contributed by atoms with Crippen LogP contribution in [0, 0.1) is 6.92 Å². The highest BCUT2D eigenvalue weighted by atomic mass is 16.2. The van der Waals surface area contributed by atoms with Gasteiger partial charge in [-0.3, -0.25) is 9.89 Å². The number of hydrogen-bond acceptors (Lipinski definition) is 2. The van der Waals surface area contributed by atoms with Crippen molar-refractivity contribution in [2.45, 2.75) is 19.5 Å². The minimum atomic E-state index is -0.172. The molecular weight excluding hydrogens is 358 g/mol. The maximum Gasteiger partial charge on any atom is 0.273 e. The number of fused-ring (bicyclic) bond motifs is 1. The first-order valence-electron chi connectivity index (χ1n) is 9.77. The summed E-state index contributed by atoms with van der Waals surface area (Å²) in [7, 11) is 0. The normalized spacial score (nSPS) is 15.6. The molecule has 2 heterocycles. The second-order valence-electron chi connectivity index (χ2n) is 7.46. The Labute approximate surface area is 169 Å². The van der Waals surface area contributed by atoms with Gasteiger partial charge in [0.15, 0.2) is 0 Å². The summed E-state index contributed by atoms with van der Waals surface area (Å²) in [6, 6.07) is 28.4. The van der Waals surface area contributed by atoms with E-state index in [0.29, 0.717) is 12.2 Å². The zero-order valence-electron chi connectivity index (χ0n) is 16.2. The van der Waals surface area contributed by atoms with Crippen molar-refractivity contribution in [2.24, 2.45) is 0 Å². The highest BCUT2D eigenvalue weighted by molar-refractivity contribution is 6.00. The van der Waals surface area contributed by atoms with E-state index in [0.717, 1.165) is 27.9 Å². The molecule has 1 aliphatic rings. The summed E-state index contributed by atoms with van der Waals surface area (Å²) in [4.78, 5) is 15.3. The fraction of sp³-hybridized carbons (Fsp3) is 0.120. The monoisotopic (exact) mass is 379 g/mol. The van der Waals surface area contributed by atoms with E-state index in [4.69, 9.17) is 0 Å². The molecule has 3 aromatic carbocycles. The van der Waals surface area contributed by atoms with Crippen molar-refractivity contribution in [1.82, 2.24) is 15.1 Å². The molecule has 0 aliphatic carbocycles. The second-order valence-corrected chi connectivity index (χ2v) is 7.46. The van der Waals surface area contributed by atoms with Gasteiger partial charge in [0, 0.05) is 17.7 Å². The molecule has 4 heteroatoms. The molecular formula is C25H21N3O. The number of nitrogens with one attached hydrogen (secondary N) is 1. The summed E-state index contributed by atoms with van der Waals surface area (Å²) in [6.07, 6.45) is 0. The van der Waals surface area contributed by atoms with Gasteiger partial charge in [0.1, 0.15) is 5.69 Å². The lowest BCUT2D eigenvalue weighted by Gasteiger charge is -2.26. The zero-order chi connectivity index (χ0) is 19.8. The van der Waals surface area contributed by atoms with Crippen LogP contribution in [0.4, 0.5) is 0 Å². The highest BCUT2D eigenvalue weighted by Gasteiger charge is 2.42. The predicted molar refractivity (Wildman–Crippen MR) is 113 cm³/mol. The van der Waals surface area contributed by atoms with Crippen molar-refractivity contribution < 1.29 is 4.79 Å². The number of aromatic nitrogens is 2. The molecule has 0 spiro atoms. The number of rotatable bonds is 4. The van der Waals surface area contributed by atoms with Crippen molar-refractivity contribution in [3.8, 4) is 11.3 Å². The summed E-state index contributed by atoms with van der Waals surface area (Å²) in [5.74, 6) is -0.0101. The number of benzene rings is 3. The Morgan fingerprint density at radius 2 is 1.55 bits per heavy atom. The van der Waals surface area contributed by atoms with E-state index >= 15 is 0 Å². The number of aromatic amines is 1. The van der Waals surface area contributed by atoms with Gasteiger partial charge in [-0.15, -0.1) is 0 Å². The predicted octanol–water partition coefficient (Wildman–Crippen LogP) is 5.13. The lowest BCUT2D eigenvalue weighted by atomic mass is 9.96. The minimum Gasteiger partial charge on any atom is -0.322 e. The molecule has 1 aromatic heterocycles. The Morgan fingerprint density at radius 1 is 0.897 bits per heavy atom. The molecule has 29 heavy (non-hydrogen) atoms. The average molecular weight is 379 g/mol. The lowest BCUT2D eigenvalue weighted by molar-refractivity contribution is 0.0730. The molecule has 1 atom stereocenters. The van der Waals surface area contributed by atoms with E-state index in [9.17, 15) is 4.79 Å². The molecule has 1 N–H and O–H groups in total. The molecule has 1 amide bonds. The van der Waals surface area contributed by atoms with Gasteiger partial charge in [-0.2, -0.15) is 5.10 Å². The van der Waals surface area contributed by atoms with E-state index in [1.54, 1.807) is 0 Å². The van der Waals surface area contributed by atoms with Crippen molar-refractivity contribution in [2.75, 3.05) is 0 Å². The van der Waals surface area contributed by atoms with E-state index in [1.807, 2.05) is 53.4 Å². The van der Waals surface area contributed by atoms with Gasteiger partial charge in [-0.1, -0.05) is 90.5 Å². The van der Waals surface area contributed by atoms with Crippen LogP contribution in [-0.4, -0.2) is 21.0 Å². The van der Waals surface area contributed by atoms with Crippen molar-refractivity contribution in [1.29, 1.82) is 0 Å². The van der Waals surface area contributed by atoms with E-state index in [-0.39, 0.29) is 11.9 Å². The molecule has 4 nitrogen and oxygen atoms in total. The summed E-state index contributed by atoms with van der Waals surface area (Å²) in [6.45, 7) is 2.62. The third-order valence-corrected chi connectivity index (χ3v) is 5.50. The van der Waals surface area contributed by atoms with Crippen LogP contribution >= 0.6 is 0 Å². The van der Waals surface area contributed by atoms with Gasteiger partial charge >= 0.3 is 0 Å². The first-order chi connectivity index (χ1) is 14.2. The highest BCUT2D eigenvalue weighted by Crippen LogP contribution is 2.43. The third kappa shape index (κ3) is 3.03. The molecule has 0 saturated heterocycles. The molecule has 1 aliphatic heterocycles. The van der Waals surface area contributed by atoms with Crippen molar-refractivity contribution in [3.63, 3.8) is 0 Å². The molecule has 1 unspecified atom stereocenters. The third-order valence-electron chi connectivity index (χ3n) is 5.50. The van der Waals surface area contributed by atoms with E-state index in [1.165, 1.54) is 5.56 Å². The quantitative estimate of drug-likeness (QED) is 0.534. The first kappa shape index (κ1) is 17.4. The Hall–Kier alpha value is -3.66. The molecule has 5 rings (SSSR count). The number of carbonyl (C=O) groups is 1. The Kier molecular flexibility index (Phi) is 4.24. The minimum absolute atomic E-state index is 0.0101. The van der Waals surface area contributed by atoms with Gasteiger partial charge in [0.25, 0.3) is 5.91 Å². The van der Waals surface area contributed by atoms with Crippen LogP contribution in [0.2, 0.25) is 0 Å². The number of hydrogen-bond donors (Lipinski definition) is 1. The van der Waals surface area contributed by atoms with Gasteiger partial charge in [-0.25, -0.2) is 0 Å². The van der Waals surface area contributed by atoms with Gasteiger partial charge in [0.2, 0.25) is 0 Å². The first-order valence-corrected chi connectivity index (χ1v) is 9.77. The number of amides is 1. The van der Waals surface area contributed by atoms with Crippen molar-refractivity contribution >= 4 is 5.91 Å². The standard InChI is InChI=1S/C25H21N3O/c1-17-12-14-18(15-13-17)16-28-24(20-10-6-3-7-11-20)21-22(19-8-4-2-5-9-19)26-27-23(21)25(28)29/h2-15,24H,16H2,1H3,(H,26,27). The SMILES string of the molecule is Cc1ccc(CN2C(=O)c3[nH]nc(-c4ccccc4)c3C2c2ccccc2)cc1. The fourth-order valence-corrected chi connectivity index (χ4v) is 4.05. The number of H-pyrrole nitrogens is 1. The van der Waals surface area contributed by atoms with Gasteiger partial charge < -0.3 is 4.90 Å². The fourth-order valence-electron chi connectivity index (χ4n) is 4.05. The average Bonchev–Trinajstić information content (AvgIpc) is 3.30. The molecule has 4 aromatic rings. The summed E-state index contributed by atoms with van der Waals surface area (Å²) >= 11 is 0. The summed E-state index contributed by atoms with van der Waals surface area (Å²) < 4.78 is 0. The smallest absolute Gasteiger partial charge is 0.273 e. The molecule has 0 saturated carbocycles.